The maximum Gasteiger partial charge on any atom is 0.236 e. The summed E-state index contributed by atoms with van der Waals surface area (Å²) in [5, 5.41) is 0. The second kappa shape index (κ2) is 7.10. The largest absolute Gasteiger partial charge is 0.343 e. The van der Waals surface area contributed by atoms with E-state index in [4.69, 9.17) is 0 Å². The van der Waals surface area contributed by atoms with E-state index in [0.717, 1.165) is 32.6 Å². The van der Waals surface area contributed by atoms with Gasteiger partial charge in [-0.15, -0.1) is 0 Å². The number of carbonyl (C=O) groups is 1. The fraction of sp³-hybridized carbons (Fsp3) is 0.350. The van der Waals surface area contributed by atoms with Crippen LogP contribution in [0.5, 0.6) is 0 Å². The lowest BCUT2D eigenvalue weighted by Gasteiger charge is -2.35. The monoisotopic (exact) mass is 353 g/mol. The number of likely N-dealkylation sites (N-methyl/N-ethyl adjacent to an activating group) is 1. The number of hydrogen-bond acceptors (Lipinski definition) is 4. The summed E-state index contributed by atoms with van der Waals surface area (Å²) in [5.41, 5.74) is 2.58. The quantitative estimate of drug-likeness (QED) is 0.841. The van der Waals surface area contributed by atoms with Gasteiger partial charge in [-0.2, -0.15) is 0 Å². The predicted molar refractivity (Wildman–Crippen MR) is 103 cm³/mol. The number of amides is 1. The smallest absolute Gasteiger partial charge is 0.236 e. The van der Waals surface area contributed by atoms with Gasteiger partial charge in [0, 0.05) is 43.0 Å². The molecule has 5 heteroatoms. The Morgan fingerprint density at radius 1 is 0.920 bits per heavy atom. The molecule has 2 aromatic carbocycles. The van der Waals surface area contributed by atoms with Gasteiger partial charge >= 0.3 is 0 Å². The van der Waals surface area contributed by atoms with Crippen molar-refractivity contribution in [2.75, 3.05) is 44.7 Å². The number of piperazine rings is 1. The standard InChI is InChI=1S/C20H23N3OS/c1-21-13-14-22(15-20(21)24)11-6-12-23-16-7-2-4-9-18(16)25-19-10-5-3-8-17(19)23/h2-5,7-10H,6,11-15H2,1H3. The molecule has 2 heterocycles. The molecule has 0 atom stereocenters. The van der Waals surface area contributed by atoms with Crippen LogP contribution in [0.4, 0.5) is 11.4 Å². The second-order valence-corrected chi connectivity index (χ2v) is 7.72. The molecule has 1 amide bonds. The number of rotatable bonds is 4. The van der Waals surface area contributed by atoms with Gasteiger partial charge in [0.1, 0.15) is 0 Å². The molecule has 0 radical (unpaired) electrons. The minimum absolute atomic E-state index is 0.233. The van der Waals surface area contributed by atoms with Gasteiger partial charge in [-0.1, -0.05) is 36.0 Å². The highest BCUT2D eigenvalue weighted by Crippen LogP contribution is 2.47. The first-order chi connectivity index (χ1) is 12.2. The van der Waals surface area contributed by atoms with Crippen LogP contribution in [0.25, 0.3) is 0 Å². The van der Waals surface area contributed by atoms with Crippen molar-refractivity contribution in [3.05, 3.63) is 48.5 Å². The topological polar surface area (TPSA) is 26.8 Å². The Morgan fingerprint density at radius 2 is 1.56 bits per heavy atom. The molecule has 130 valence electrons. The summed E-state index contributed by atoms with van der Waals surface area (Å²) >= 11 is 1.85. The normalized spacial score (nSPS) is 17.4. The number of para-hydroxylation sites is 2. The Hall–Kier alpha value is -1.98. The number of hydrogen-bond donors (Lipinski definition) is 0. The van der Waals surface area contributed by atoms with Gasteiger partial charge < -0.3 is 9.80 Å². The lowest BCUT2D eigenvalue weighted by Crippen LogP contribution is -2.48. The number of benzene rings is 2. The van der Waals surface area contributed by atoms with Gasteiger partial charge in [-0.05, 0) is 30.7 Å². The van der Waals surface area contributed by atoms with Gasteiger partial charge in [-0.3, -0.25) is 9.69 Å². The summed E-state index contributed by atoms with van der Waals surface area (Å²) < 4.78 is 0. The number of nitrogens with zero attached hydrogens (tertiary/aromatic N) is 3. The van der Waals surface area contributed by atoms with Crippen molar-refractivity contribution in [1.82, 2.24) is 9.80 Å². The Balaban J connectivity index is 1.46. The summed E-state index contributed by atoms with van der Waals surface area (Å²) in [4.78, 5) is 21.0. The molecule has 2 aromatic rings. The van der Waals surface area contributed by atoms with Crippen LogP contribution in [0.2, 0.25) is 0 Å². The molecule has 0 spiro atoms. The summed E-state index contributed by atoms with van der Waals surface area (Å²) in [7, 11) is 1.89. The lowest BCUT2D eigenvalue weighted by atomic mass is 10.2. The van der Waals surface area contributed by atoms with E-state index in [1.807, 2.05) is 23.7 Å². The molecule has 4 nitrogen and oxygen atoms in total. The van der Waals surface area contributed by atoms with Crippen LogP contribution in [0.3, 0.4) is 0 Å². The van der Waals surface area contributed by atoms with E-state index in [1.54, 1.807) is 0 Å². The fourth-order valence-corrected chi connectivity index (χ4v) is 4.57. The molecule has 25 heavy (non-hydrogen) atoms. The van der Waals surface area contributed by atoms with Gasteiger partial charge in [0.2, 0.25) is 5.91 Å². The molecular formula is C20H23N3OS. The summed E-state index contributed by atoms with van der Waals surface area (Å²) in [6.07, 6.45) is 1.05. The first-order valence-corrected chi connectivity index (χ1v) is 9.64. The number of anilines is 2. The van der Waals surface area contributed by atoms with Gasteiger partial charge in [-0.25, -0.2) is 0 Å². The molecule has 2 aliphatic rings. The van der Waals surface area contributed by atoms with E-state index in [2.05, 4.69) is 58.3 Å². The molecule has 0 aromatic heterocycles. The Morgan fingerprint density at radius 3 is 2.20 bits per heavy atom. The maximum absolute atomic E-state index is 11.9. The number of fused-ring (bicyclic) bond motifs is 2. The third-order valence-corrected chi connectivity index (χ3v) is 6.05. The molecule has 0 N–H and O–H groups in total. The summed E-state index contributed by atoms with van der Waals surface area (Å²) in [5.74, 6) is 0.233. The minimum atomic E-state index is 0.233. The van der Waals surface area contributed by atoms with Crippen LogP contribution < -0.4 is 4.90 Å². The zero-order valence-electron chi connectivity index (χ0n) is 14.5. The molecule has 1 fully saturated rings. The third kappa shape index (κ3) is 3.39. The molecule has 2 aliphatic heterocycles. The van der Waals surface area contributed by atoms with Crippen molar-refractivity contribution in [3.63, 3.8) is 0 Å². The molecule has 0 saturated carbocycles. The Kier molecular flexibility index (Phi) is 4.68. The fourth-order valence-electron chi connectivity index (χ4n) is 3.47. The molecule has 4 rings (SSSR count). The highest BCUT2D eigenvalue weighted by molar-refractivity contribution is 7.99. The predicted octanol–water partition coefficient (Wildman–Crippen LogP) is 3.45. The average Bonchev–Trinajstić information content (AvgIpc) is 2.64. The second-order valence-electron chi connectivity index (χ2n) is 6.63. The van der Waals surface area contributed by atoms with Crippen molar-refractivity contribution in [1.29, 1.82) is 0 Å². The average molecular weight is 353 g/mol. The molecule has 0 aliphatic carbocycles. The first-order valence-electron chi connectivity index (χ1n) is 8.82. The Labute approximate surface area is 153 Å². The van der Waals surface area contributed by atoms with Gasteiger partial charge in [0.15, 0.2) is 0 Å². The van der Waals surface area contributed by atoms with Crippen molar-refractivity contribution >= 4 is 29.0 Å². The van der Waals surface area contributed by atoms with Crippen LogP contribution in [-0.2, 0) is 4.79 Å². The van der Waals surface area contributed by atoms with E-state index in [0.29, 0.717) is 6.54 Å². The van der Waals surface area contributed by atoms with Crippen LogP contribution in [-0.4, -0.2) is 55.5 Å². The van der Waals surface area contributed by atoms with E-state index >= 15 is 0 Å². The first kappa shape index (κ1) is 16.5. The van der Waals surface area contributed by atoms with Crippen molar-refractivity contribution in [2.24, 2.45) is 0 Å². The molecule has 0 unspecified atom stereocenters. The zero-order valence-corrected chi connectivity index (χ0v) is 15.3. The minimum Gasteiger partial charge on any atom is -0.343 e. The third-order valence-electron chi connectivity index (χ3n) is 4.92. The van der Waals surface area contributed by atoms with E-state index < -0.39 is 0 Å². The van der Waals surface area contributed by atoms with Gasteiger partial charge in [0.05, 0.1) is 17.9 Å². The van der Waals surface area contributed by atoms with Gasteiger partial charge in [0.25, 0.3) is 0 Å². The zero-order chi connectivity index (χ0) is 17.2. The van der Waals surface area contributed by atoms with Crippen LogP contribution in [0, 0.1) is 0 Å². The lowest BCUT2D eigenvalue weighted by molar-refractivity contribution is -0.134. The molecular weight excluding hydrogens is 330 g/mol. The van der Waals surface area contributed by atoms with Crippen LogP contribution in [0.15, 0.2) is 58.3 Å². The molecule has 0 bridgehead atoms. The van der Waals surface area contributed by atoms with E-state index in [9.17, 15) is 4.79 Å². The summed E-state index contributed by atoms with van der Waals surface area (Å²) in [6, 6.07) is 17.2. The highest BCUT2D eigenvalue weighted by atomic mass is 32.2. The highest BCUT2D eigenvalue weighted by Gasteiger charge is 2.24. The summed E-state index contributed by atoms with van der Waals surface area (Å²) in [6.45, 7) is 4.30. The molecule has 1 saturated heterocycles. The Bertz CT molecular complexity index is 734. The van der Waals surface area contributed by atoms with Crippen molar-refractivity contribution < 1.29 is 4.79 Å². The van der Waals surface area contributed by atoms with Crippen molar-refractivity contribution in [2.45, 2.75) is 16.2 Å². The van der Waals surface area contributed by atoms with E-state index in [1.165, 1.54) is 21.2 Å². The van der Waals surface area contributed by atoms with Crippen LogP contribution in [0.1, 0.15) is 6.42 Å². The SMILES string of the molecule is CN1CCN(CCCN2c3ccccc3Sc3ccccc32)CC1=O. The van der Waals surface area contributed by atoms with Crippen LogP contribution >= 0.6 is 11.8 Å². The van der Waals surface area contributed by atoms with Crippen molar-refractivity contribution in [3.8, 4) is 0 Å². The van der Waals surface area contributed by atoms with E-state index in [-0.39, 0.29) is 5.91 Å². The number of carbonyl (C=O) groups excluding carboxylic acids is 1. The maximum atomic E-state index is 11.9.